The van der Waals surface area contributed by atoms with Crippen molar-refractivity contribution >= 4 is 23.1 Å². The van der Waals surface area contributed by atoms with Crippen LogP contribution in [0.25, 0.3) is 0 Å². The van der Waals surface area contributed by atoms with Gasteiger partial charge in [-0.15, -0.1) is 16.4 Å². The highest BCUT2D eigenvalue weighted by Crippen LogP contribution is 2.32. The molecule has 2 aromatic heterocycles. The Bertz CT molecular complexity index is 812. The lowest BCUT2D eigenvalue weighted by atomic mass is 10.1. The monoisotopic (exact) mass is 387 g/mol. The third kappa shape index (κ3) is 3.77. The Morgan fingerprint density at radius 1 is 1.15 bits per heavy atom. The van der Waals surface area contributed by atoms with Gasteiger partial charge in [0.2, 0.25) is 0 Å². The molecule has 3 heterocycles. The Morgan fingerprint density at radius 2 is 1.96 bits per heavy atom. The van der Waals surface area contributed by atoms with E-state index >= 15 is 0 Å². The first-order chi connectivity index (χ1) is 12.8. The van der Waals surface area contributed by atoms with Gasteiger partial charge < -0.3 is 4.74 Å². The fourth-order valence-electron chi connectivity index (χ4n) is 3.18. The number of thiophene rings is 1. The number of hydrogen-bond acceptors (Lipinski definition) is 7. The van der Waals surface area contributed by atoms with E-state index in [0.29, 0.717) is 6.54 Å². The molecule has 1 atom stereocenters. The fourth-order valence-corrected chi connectivity index (χ4v) is 4.96. The maximum absolute atomic E-state index is 5.24. The Morgan fingerprint density at radius 3 is 2.65 bits per heavy atom. The summed E-state index contributed by atoms with van der Waals surface area (Å²) in [6.45, 7) is 2.77. The molecule has 0 saturated carbocycles. The first-order valence-electron chi connectivity index (χ1n) is 8.59. The zero-order valence-electron chi connectivity index (χ0n) is 14.6. The first-order valence-corrected chi connectivity index (χ1v) is 10.6. The topological polar surface area (TPSA) is 56.1 Å². The Balaban J connectivity index is 1.63. The number of nitrogens with zero attached hydrogens (tertiary/aromatic N) is 5. The van der Waals surface area contributed by atoms with Crippen molar-refractivity contribution in [2.45, 2.75) is 12.6 Å². The van der Waals surface area contributed by atoms with Crippen molar-refractivity contribution in [1.82, 2.24) is 25.1 Å². The molecule has 8 heteroatoms. The van der Waals surface area contributed by atoms with Crippen molar-refractivity contribution in [2.24, 2.45) is 0 Å². The third-order valence-electron chi connectivity index (χ3n) is 4.52. The summed E-state index contributed by atoms with van der Waals surface area (Å²) >= 11 is 3.78. The number of thioether (sulfide) groups is 1. The lowest BCUT2D eigenvalue weighted by Crippen LogP contribution is -2.37. The number of benzene rings is 1. The highest BCUT2D eigenvalue weighted by molar-refractivity contribution is 7.99. The standard InChI is InChI=1S/C18H21N5OS2/c1-24-15-6-4-14(5-7-15)13-23-18(19-20-21-23)17(16-3-2-10-26-16)22-8-11-25-12-9-22/h2-7,10,17H,8-9,11-13H2,1H3/t17-/m1/s1. The van der Waals surface area contributed by atoms with Crippen LogP contribution in [0.5, 0.6) is 5.75 Å². The van der Waals surface area contributed by atoms with Crippen LogP contribution in [0.2, 0.25) is 0 Å². The predicted molar refractivity (Wildman–Crippen MR) is 105 cm³/mol. The van der Waals surface area contributed by atoms with Gasteiger partial charge >= 0.3 is 0 Å². The predicted octanol–water partition coefficient (Wildman–Crippen LogP) is 2.93. The van der Waals surface area contributed by atoms with E-state index in [0.717, 1.165) is 41.7 Å². The van der Waals surface area contributed by atoms with E-state index in [1.807, 2.05) is 28.6 Å². The van der Waals surface area contributed by atoms with Gasteiger partial charge in [-0.3, -0.25) is 4.90 Å². The van der Waals surface area contributed by atoms with E-state index in [9.17, 15) is 0 Å². The second kappa shape index (κ2) is 8.20. The van der Waals surface area contributed by atoms with Crippen LogP contribution in [0, 0.1) is 0 Å². The van der Waals surface area contributed by atoms with Gasteiger partial charge in [0.05, 0.1) is 13.7 Å². The smallest absolute Gasteiger partial charge is 0.174 e. The number of ether oxygens (including phenoxy) is 1. The molecule has 1 aliphatic rings. The van der Waals surface area contributed by atoms with Crippen LogP contribution in [0.4, 0.5) is 0 Å². The van der Waals surface area contributed by atoms with Crippen molar-refractivity contribution < 1.29 is 4.74 Å². The summed E-state index contributed by atoms with van der Waals surface area (Å²) < 4.78 is 7.16. The van der Waals surface area contributed by atoms with E-state index in [1.54, 1.807) is 18.4 Å². The summed E-state index contributed by atoms with van der Waals surface area (Å²) in [6.07, 6.45) is 0. The van der Waals surface area contributed by atoms with Crippen molar-refractivity contribution in [3.8, 4) is 5.75 Å². The van der Waals surface area contributed by atoms with Gasteiger partial charge in [-0.1, -0.05) is 18.2 Å². The normalized spacial score (nSPS) is 16.5. The van der Waals surface area contributed by atoms with Gasteiger partial charge in [-0.25, -0.2) is 4.68 Å². The SMILES string of the molecule is COc1ccc(Cn2nnnc2[C@@H](c2cccs2)N2CCSCC2)cc1. The van der Waals surface area contributed by atoms with Crippen LogP contribution in [-0.4, -0.2) is 56.8 Å². The van der Waals surface area contributed by atoms with E-state index in [-0.39, 0.29) is 6.04 Å². The minimum Gasteiger partial charge on any atom is -0.497 e. The molecule has 1 saturated heterocycles. The van der Waals surface area contributed by atoms with Crippen LogP contribution in [0.15, 0.2) is 41.8 Å². The van der Waals surface area contributed by atoms with E-state index in [1.165, 1.54) is 4.88 Å². The second-order valence-corrected chi connectivity index (χ2v) is 8.31. The van der Waals surface area contributed by atoms with Crippen molar-refractivity contribution in [3.63, 3.8) is 0 Å². The molecular formula is C18H21N5OS2. The van der Waals surface area contributed by atoms with Gasteiger partial charge in [0, 0.05) is 29.5 Å². The first kappa shape index (κ1) is 17.5. The van der Waals surface area contributed by atoms with Crippen LogP contribution in [0.1, 0.15) is 22.3 Å². The summed E-state index contributed by atoms with van der Waals surface area (Å²) in [6, 6.07) is 12.5. The summed E-state index contributed by atoms with van der Waals surface area (Å²) in [5, 5.41) is 14.8. The summed E-state index contributed by atoms with van der Waals surface area (Å²) in [7, 11) is 1.68. The maximum atomic E-state index is 5.24. The number of methoxy groups -OCH3 is 1. The zero-order valence-corrected chi connectivity index (χ0v) is 16.2. The molecule has 3 aromatic rings. The molecule has 0 aliphatic carbocycles. The Labute approximate surface area is 161 Å². The number of rotatable bonds is 6. The van der Waals surface area contributed by atoms with E-state index in [2.05, 4.69) is 50.1 Å². The molecule has 4 rings (SSSR count). The largest absolute Gasteiger partial charge is 0.497 e. The summed E-state index contributed by atoms with van der Waals surface area (Å²) in [5.41, 5.74) is 1.15. The molecule has 0 unspecified atom stereocenters. The quantitative estimate of drug-likeness (QED) is 0.648. The Kier molecular flexibility index (Phi) is 5.52. The Hall–Kier alpha value is -1.90. The second-order valence-electron chi connectivity index (χ2n) is 6.11. The molecule has 0 radical (unpaired) electrons. The lowest BCUT2D eigenvalue weighted by Gasteiger charge is -2.32. The lowest BCUT2D eigenvalue weighted by molar-refractivity contribution is 0.238. The van der Waals surface area contributed by atoms with Crippen LogP contribution in [0.3, 0.4) is 0 Å². The van der Waals surface area contributed by atoms with Crippen molar-refractivity contribution in [2.75, 3.05) is 31.7 Å². The van der Waals surface area contributed by atoms with Gasteiger partial charge in [0.1, 0.15) is 11.8 Å². The molecule has 136 valence electrons. The molecule has 0 N–H and O–H groups in total. The highest BCUT2D eigenvalue weighted by atomic mass is 32.2. The molecule has 1 aromatic carbocycles. The molecule has 1 fully saturated rings. The minimum atomic E-state index is 0.115. The van der Waals surface area contributed by atoms with Gasteiger partial charge in [-0.2, -0.15) is 11.8 Å². The van der Waals surface area contributed by atoms with Crippen LogP contribution < -0.4 is 4.74 Å². The molecule has 0 bridgehead atoms. The number of hydrogen-bond donors (Lipinski definition) is 0. The number of tetrazole rings is 1. The molecular weight excluding hydrogens is 366 g/mol. The number of aromatic nitrogens is 4. The summed E-state index contributed by atoms with van der Waals surface area (Å²) in [4.78, 5) is 3.79. The van der Waals surface area contributed by atoms with Gasteiger partial charge in [0.25, 0.3) is 0 Å². The molecule has 6 nitrogen and oxygen atoms in total. The van der Waals surface area contributed by atoms with Crippen molar-refractivity contribution in [1.29, 1.82) is 0 Å². The van der Waals surface area contributed by atoms with Gasteiger partial charge in [0.15, 0.2) is 5.82 Å². The molecule has 1 aliphatic heterocycles. The maximum Gasteiger partial charge on any atom is 0.174 e. The van der Waals surface area contributed by atoms with E-state index < -0.39 is 0 Å². The van der Waals surface area contributed by atoms with Gasteiger partial charge in [-0.05, 0) is 39.6 Å². The van der Waals surface area contributed by atoms with Crippen LogP contribution in [-0.2, 0) is 6.54 Å². The van der Waals surface area contributed by atoms with Crippen molar-refractivity contribution in [3.05, 3.63) is 58.0 Å². The minimum absolute atomic E-state index is 0.115. The van der Waals surface area contributed by atoms with Crippen LogP contribution >= 0.6 is 23.1 Å². The molecule has 0 amide bonds. The molecule has 0 spiro atoms. The molecule has 26 heavy (non-hydrogen) atoms. The average Bonchev–Trinajstić information content (AvgIpc) is 3.37. The highest BCUT2D eigenvalue weighted by Gasteiger charge is 2.29. The fraction of sp³-hybridized carbons (Fsp3) is 0.389. The zero-order chi connectivity index (χ0) is 17.8. The van der Waals surface area contributed by atoms with E-state index in [4.69, 9.17) is 4.74 Å². The summed E-state index contributed by atoms with van der Waals surface area (Å²) in [5.74, 6) is 4.08. The average molecular weight is 388 g/mol. The third-order valence-corrected chi connectivity index (χ3v) is 6.39.